The summed E-state index contributed by atoms with van der Waals surface area (Å²) < 4.78 is 0. The number of urea groups is 1. The number of nitrogens with two attached hydrogens (primary N) is 2. The summed E-state index contributed by atoms with van der Waals surface area (Å²) in [6.07, 6.45) is 7.95. The number of Topliss-reactive ketones (excluding diaryl/α,β-unsaturated/α-hetero) is 1. The number of primary amides is 1. The first kappa shape index (κ1) is 30.8. The first-order valence-corrected chi connectivity index (χ1v) is 14.6. The van der Waals surface area contributed by atoms with Gasteiger partial charge in [0.1, 0.15) is 12.1 Å². The van der Waals surface area contributed by atoms with E-state index >= 15 is 0 Å². The normalized spacial score (nSPS) is 32.2. The van der Waals surface area contributed by atoms with Crippen molar-refractivity contribution in [2.45, 2.75) is 128 Å². The molecule has 3 unspecified atom stereocenters. The van der Waals surface area contributed by atoms with Gasteiger partial charge in [-0.15, -0.1) is 0 Å². The number of nitrogens with one attached hydrogen (secondary N) is 3. The maximum absolute atomic E-state index is 14.2. The quantitative estimate of drug-likeness (QED) is 0.325. The smallest absolute Gasteiger partial charge is 0.315 e. The predicted octanol–water partition coefficient (Wildman–Crippen LogP) is 1.47. The largest absolute Gasteiger partial charge is 0.363 e. The number of hydrogen-bond donors (Lipinski definition) is 5. The Hall–Kier alpha value is -2.69. The second kappa shape index (κ2) is 12.7. The molecule has 0 aromatic carbocycles. The molecule has 2 heterocycles. The Morgan fingerprint density at radius 1 is 1.00 bits per heavy atom. The lowest BCUT2D eigenvalue weighted by atomic mass is 9.83. The number of ketones is 1. The van der Waals surface area contributed by atoms with Crippen LogP contribution in [0.25, 0.3) is 0 Å². The van der Waals surface area contributed by atoms with Gasteiger partial charge in [-0.25, -0.2) is 4.79 Å². The van der Waals surface area contributed by atoms with Crippen LogP contribution in [0, 0.1) is 11.8 Å². The standard InChI is InChI=1S/C28H48N6O5/c1-17(2)18-15-20-24(37)31-19(21(35)23(29)36)11-7-5-10-14-28(4,30)22(25(38)34(20)16-18)32-26(39)33-27(3)12-8-6-9-13-27/h17-20,22H,5-16,30H2,1-4H3,(H2,29,36)(H,31,37)(H2,32,33,39)/t18?,19?,20-,22?,28-/m0/s1. The summed E-state index contributed by atoms with van der Waals surface area (Å²) in [5.74, 6) is -2.61. The zero-order valence-corrected chi connectivity index (χ0v) is 24.0. The van der Waals surface area contributed by atoms with E-state index in [1.807, 2.05) is 20.8 Å². The lowest BCUT2D eigenvalue weighted by Gasteiger charge is -2.39. The molecule has 3 fully saturated rings. The van der Waals surface area contributed by atoms with Gasteiger partial charge in [0.05, 0.1) is 6.04 Å². The van der Waals surface area contributed by atoms with Crippen LogP contribution in [0.2, 0.25) is 0 Å². The lowest BCUT2D eigenvalue weighted by Crippen LogP contribution is -2.67. The van der Waals surface area contributed by atoms with Crippen molar-refractivity contribution < 1.29 is 24.0 Å². The summed E-state index contributed by atoms with van der Waals surface area (Å²) in [5.41, 5.74) is 10.6. The summed E-state index contributed by atoms with van der Waals surface area (Å²) in [6, 6.07) is -3.37. The van der Waals surface area contributed by atoms with Crippen LogP contribution in [0.3, 0.4) is 0 Å². The van der Waals surface area contributed by atoms with E-state index in [1.165, 1.54) is 4.90 Å². The number of rotatable bonds is 5. The van der Waals surface area contributed by atoms with E-state index in [-0.39, 0.29) is 23.8 Å². The van der Waals surface area contributed by atoms with Crippen LogP contribution >= 0.6 is 0 Å². The van der Waals surface area contributed by atoms with Gasteiger partial charge in [0.15, 0.2) is 0 Å². The molecule has 0 aromatic rings. The Kier molecular flexibility index (Phi) is 10.0. The van der Waals surface area contributed by atoms with Crippen molar-refractivity contribution in [2.75, 3.05) is 6.54 Å². The summed E-state index contributed by atoms with van der Waals surface area (Å²) >= 11 is 0. The van der Waals surface area contributed by atoms with Crippen LogP contribution in [0.5, 0.6) is 0 Å². The summed E-state index contributed by atoms with van der Waals surface area (Å²) in [4.78, 5) is 66.6. The van der Waals surface area contributed by atoms with E-state index in [4.69, 9.17) is 11.5 Å². The Balaban J connectivity index is 1.91. The summed E-state index contributed by atoms with van der Waals surface area (Å²) in [5, 5.41) is 8.69. The van der Waals surface area contributed by atoms with Gasteiger partial charge in [-0.3, -0.25) is 19.2 Å². The molecule has 0 spiro atoms. The van der Waals surface area contributed by atoms with Gasteiger partial charge < -0.3 is 32.3 Å². The van der Waals surface area contributed by atoms with Crippen molar-refractivity contribution in [3.63, 3.8) is 0 Å². The van der Waals surface area contributed by atoms with Gasteiger partial charge in [-0.1, -0.05) is 52.4 Å². The second-order valence-electron chi connectivity index (χ2n) is 12.8. The molecular formula is C28H48N6O5. The van der Waals surface area contributed by atoms with E-state index < -0.39 is 53.2 Å². The third-order valence-corrected chi connectivity index (χ3v) is 9.00. The number of carbonyl (C=O) groups is 5. The van der Waals surface area contributed by atoms with E-state index in [0.29, 0.717) is 38.6 Å². The fourth-order valence-corrected chi connectivity index (χ4v) is 6.30. The lowest BCUT2D eigenvalue weighted by molar-refractivity contribution is -0.143. The Labute approximate surface area is 231 Å². The number of amides is 5. The highest BCUT2D eigenvalue weighted by Crippen LogP contribution is 2.32. The van der Waals surface area contributed by atoms with Crippen molar-refractivity contribution in [1.82, 2.24) is 20.9 Å². The molecule has 5 amide bonds. The summed E-state index contributed by atoms with van der Waals surface area (Å²) in [7, 11) is 0. The van der Waals surface area contributed by atoms with Crippen LogP contribution in [0.4, 0.5) is 4.79 Å². The van der Waals surface area contributed by atoms with Crippen molar-refractivity contribution in [3.8, 4) is 0 Å². The molecule has 5 atom stereocenters. The average Bonchev–Trinajstić information content (AvgIpc) is 3.31. The topological polar surface area (TPSA) is 177 Å². The van der Waals surface area contributed by atoms with E-state index in [9.17, 15) is 24.0 Å². The van der Waals surface area contributed by atoms with Crippen LogP contribution < -0.4 is 27.4 Å². The Bertz CT molecular complexity index is 945. The molecule has 1 saturated carbocycles. The van der Waals surface area contributed by atoms with Gasteiger partial charge in [-0.05, 0) is 57.8 Å². The number of nitrogens with zero attached hydrogens (tertiary/aromatic N) is 1. The molecule has 1 aliphatic carbocycles. The minimum Gasteiger partial charge on any atom is -0.363 e. The highest BCUT2D eigenvalue weighted by molar-refractivity contribution is 6.37. The summed E-state index contributed by atoms with van der Waals surface area (Å²) in [6.45, 7) is 8.19. The van der Waals surface area contributed by atoms with E-state index in [2.05, 4.69) is 16.0 Å². The monoisotopic (exact) mass is 548 g/mol. The fraction of sp³-hybridized carbons (Fsp3) is 0.821. The van der Waals surface area contributed by atoms with Gasteiger partial charge in [0.2, 0.25) is 17.6 Å². The number of hydrogen-bond acceptors (Lipinski definition) is 6. The Morgan fingerprint density at radius 2 is 1.62 bits per heavy atom. The molecule has 0 bridgehead atoms. The van der Waals surface area contributed by atoms with Crippen molar-refractivity contribution in [3.05, 3.63) is 0 Å². The molecule has 2 aliphatic heterocycles. The molecule has 0 aromatic heterocycles. The highest BCUT2D eigenvalue weighted by Gasteiger charge is 2.47. The number of fused-ring (bicyclic) bond motifs is 1. The molecular weight excluding hydrogens is 500 g/mol. The van der Waals surface area contributed by atoms with Gasteiger partial charge in [0, 0.05) is 17.6 Å². The molecule has 7 N–H and O–H groups in total. The van der Waals surface area contributed by atoms with Crippen LogP contribution in [0.15, 0.2) is 0 Å². The van der Waals surface area contributed by atoms with Crippen molar-refractivity contribution >= 4 is 29.5 Å². The van der Waals surface area contributed by atoms with Gasteiger partial charge in [0.25, 0.3) is 5.91 Å². The van der Waals surface area contributed by atoms with E-state index in [1.54, 1.807) is 6.92 Å². The predicted molar refractivity (Wildman–Crippen MR) is 147 cm³/mol. The molecule has 0 radical (unpaired) electrons. The first-order chi connectivity index (χ1) is 18.2. The fourth-order valence-electron chi connectivity index (χ4n) is 6.30. The SMILES string of the molecule is CC(C)C1C[C@H]2C(=O)NC(C(=O)C(N)=O)CCCCC[C@](C)(N)C(NC(=O)NC3(C)CCCCC3)C(=O)N2C1. The molecule has 3 rings (SSSR count). The van der Waals surface area contributed by atoms with Crippen LogP contribution in [0.1, 0.15) is 98.3 Å². The Morgan fingerprint density at radius 3 is 2.23 bits per heavy atom. The number of carbonyl (C=O) groups excluding carboxylic acids is 5. The van der Waals surface area contributed by atoms with Gasteiger partial charge in [-0.2, -0.15) is 0 Å². The minimum absolute atomic E-state index is 0.0440. The highest BCUT2D eigenvalue weighted by atomic mass is 16.2. The maximum Gasteiger partial charge on any atom is 0.315 e. The molecule has 2 saturated heterocycles. The van der Waals surface area contributed by atoms with Crippen LogP contribution in [-0.2, 0) is 19.2 Å². The van der Waals surface area contributed by atoms with Crippen LogP contribution in [-0.4, -0.2) is 70.2 Å². The van der Waals surface area contributed by atoms with E-state index in [0.717, 1.165) is 32.1 Å². The molecule has 3 aliphatic rings. The van der Waals surface area contributed by atoms with Crippen molar-refractivity contribution in [2.24, 2.45) is 23.3 Å². The van der Waals surface area contributed by atoms with Gasteiger partial charge >= 0.3 is 6.03 Å². The minimum atomic E-state index is -1.10. The average molecular weight is 549 g/mol. The zero-order valence-electron chi connectivity index (χ0n) is 24.0. The first-order valence-electron chi connectivity index (χ1n) is 14.6. The second-order valence-corrected chi connectivity index (χ2v) is 12.8. The third kappa shape index (κ3) is 7.70. The molecule has 220 valence electrons. The zero-order chi connectivity index (χ0) is 29.0. The molecule has 39 heavy (non-hydrogen) atoms. The molecule has 11 nitrogen and oxygen atoms in total. The third-order valence-electron chi connectivity index (χ3n) is 9.00. The molecule has 11 heteroatoms. The van der Waals surface area contributed by atoms with Crippen molar-refractivity contribution in [1.29, 1.82) is 0 Å². The maximum atomic E-state index is 14.2.